The summed E-state index contributed by atoms with van der Waals surface area (Å²) in [4.78, 5) is 16.8. The van der Waals surface area contributed by atoms with Crippen molar-refractivity contribution in [2.75, 3.05) is 19.0 Å². The van der Waals surface area contributed by atoms with Crippen LogP contribution in [0.3, 0.4) is 0 Å². The molecule has 0 saturated carbocycles. The van der Waals surface area contributed by atoms with Gasteiger partial charge in [0.2, 0.25) is 17.7 Å². The van der Waals surface area contributed by atoms with Crippen LogP contribution in [0.4, 0.5) is 10.1 Å². The number of fused-ring (bicyclic) bond motifs is 1. The van der Waals surface area contributed by atoms with Crippen LogP contribution in [-0.4, -0.2) is 34.4 Å². The fraction of sp³-hybridized carbons (Fsp3) is 0.348. The molecule has 8 heteroatoms. The van der Waals surface area contributed by atoms with E-state index < -0.39 is 5.95 Å². The van der Waals surface area contributed by atoms with Gasteiger partial charge in [0.05, 0.1) is 29.4 Å². The van der Waals surface area contributed by atoms with Crippen molar-refractivity contribution in [2.45, 2.75) is 39.3 Å². The van der Waals surface area contributed by atoms with Gasteiger partial charge in [0.15, 0.2) is 6.23 Å². The number of methoxy groups -OCH3 is 1. The maximum absolute atomic E-state index is 14.3. The van der Waals surface area contributed by atoms with Crippen molar-refractivity contribution < 1.29 is 18.7 Å². The quantitative estimate of drug-likeness (QED) is 0.608. The first-order valence-corrected chi connectivity index (χ1v) is 10.3. The van der Waals surface area contributed by atoms with E-state index in [1.807, 2.05) is 19.9 Å². The largest absolute Gasteiger partial charge is 0.481 e. The van der Waals surface area contributed by atoms with E-state index in [1.165, 1.54) is 6.08 Å². The Labute approximate surface area is 179 Å². The van der Waals surface area contributed by atoms with Crippen LogP contribution in [0.5, 0.6) is 5.88 Å². The molecule has 1 fully saturated rings. The van der Waals surface area contributed by atoms with Gasteiger partial charge in [-0.15, -0.1) is 5.10 Å². The number of halogens is 1. The van der Waals surface area contributed by atoms with E-state index in [9.17, 15) is 9.18 Å². The first-order chi connectivity index (χ1) is 15.0. The number of ether oxygens (including phenoxy) is 2. The van der Waals surface area contributed by atoms with Gasteiger partial charge >= 0.3 is 0 Å². The van der Waals surface area contributed by atoms with Gasteiger partial charge in [-0.05, 0) is 62.4 Å². The average molecular weight is 424 g/mol. The monoisotopic (exact) mass is 424 g/mol. The Kier molecular flexibility index (Phi) is 5.99. The number of hydrogen-bond donors (Lipinski definition) is 1. The molecule has 3 heterocycles. The molecule has 0 radical (unpaired) electrons. The van der Waals surface area contributed by atoms with Gasteiger partial charge in [-0.25, -0.2) is 9.67 Å². The molecule has 0 bridgehead atoms. The summed E-state index contributed by atoms with van der Waals surface area (Å²) in [6.07, 6.45) is 5.69. The predicted molar refractivity (Wildman–Crippen MR) is 116 cm³/mol. The number of aromatic nitrogens is 3. The van der Waals surface area contributed by atoms with Crippen LogP contribution >= 0.6 is 0 Å². The lowest BCUT2D eigenvalue weighted by Crippen LogP contribution is -2.19. The van der Waals surface area contributed by atoms with Crippen LogP contribution in [-0.2, 0) is 9.53 Å². The number of pyridine rings is 1. The third-order valence-electron chi connectivity index (χ3n) is 5.37. The zero-order valence-electron chi connectivity index (χ0n) is 17.8. The molecule has 3 aromatic rings. The second-order valence-electron chi connectivity index (χ2n) is 7.60. The zero-order chi connectivity index (χ0) is 22.0. The van der Waals surface area contributed by atoms with Crippen LogP contribution in [0.15, 0.2) is 30.3 Å². The summed E-state index contributed by atoms with van der Waals surface area (Å²) in [6, 6.07) is 7.02. The topological polar surface area (TPSA) is 78.3 Å². The van der Waals surface area contributed by atoms with Gasteiger partial charge in [-0.2, -0.15) is 4.39 Å². The number of rotatable bonds is 5. The lowest BCUT2D eigenvalue weighted by Gasteiger charge is -2.23. The second-order valence-corrected chi connectivity index (χ2v) is 7.60. The van der Waals surface area contributed by atoms with Gasteiger partial charge in [-0.1, -0.05) is 6.07 Å². The first-order valence-electron chi connectivity index (χ1n) is 10.3. The van der Waals surface area contributed by atoms with Gasteiger partial charge in [-0.3, -0.25) is 4.79 Å². The van der Waals surface area contributed by atoms with Gasteiger partial charge in [0.1, 0.15) is 0 Å². The number of nitrogens with zero attached hydrogens (tertiary/aromatic N) is 3. The van der Waals surface area contributed by atoms with Crippen LogP contribution < -0.4 is 10.1 Å². The van der Waals surface area contributed by atoms with Crippen molar-refractivity contribution in [2.24, 2.45) is 0 Å². The molecular weight excluding hydrogens is 399 g/mol. The molecule has 0 spiro atoms. The standard InChI is InChI=1S/C23H25FN4O3/c1-14-12-20(30-3)25-15(2)22(14)26-19(29)10-8-16-7-9-17-18(13-16)28(27-23(17)24)21-6-4-5-11-31-21/h7-10,12-13,21H,4-6,11H2,1-3H3,(H,26,29)/b10-8+. The summed E-state index contributed by atoms with van der Waals surface area (Å²) in [5.41, 5.74) is 3.60. The zero-order valence-corrected chi connectivity index (χ0v) is 17.8. The van der Waals surface area contributed by atoms with Crippen molar-refractivity contribution in [3.05, 3.63) is 53.1 Å². The van der Waals surface area contributed by atoms with Crippen molar-refractivity contribution in [1.29, 1.82) is 0 Å². The van der Waals surface area contributed by atoms with E-state index >= 15 is 0 Å². The third-order valence-corrected chi connectivity index (χ3v) is 5.37. The number of carbonyl (C=O) groups excluding carboxylic acids is 1. The van der Waals surface area contributed by atoms with Crippen molar-refractivity contribution in [1.82, 2.24) is 14.8 Å². The number of nitrogens with one attached hydrogen (secondary N) is 1. The Bertz CT molecular complexity index is 1130. The molecule has 31 heavy (non-hydrogen) atoms. The number of hydrogen-bond acceptors (Lipinski definition) is 5. The van der Waals surface area contributed by atoms with E-state index in [0.29, 0.717) is 34.8 Å². The molecule has 1 aromatic carbocycles. The highest BCUT2D eigenvalue weighted by Crippen LogP contribution is 2.28. The smallest absolute Gasteiger partial charge is 0.248 e. The summed E-state index contributed by atoms with van der Waals surface area (Å²) >= 11 is 0. The number of carbonyl (C=O) groups is 1. The Morgan fingerprint density at radius 2 is 2.16 bits per heavy atom. The molecule has 4 rings (SSSR count). The molecule has 1 atom stereocenters. The molecule has 1 unspecified atom stereocenters. The summed E-state index contributed by atoms with van der Waals surface area (Å²) in [7, 11) is 1.55. The highest BCUT2D eigenvalue weighted by molar-refractivity contribution is 6.03. The Hall–Kier alpha value is -3.26. The fourth-order valence-corrected chi connectivity index (χ4v) is 3.78. The summed E-state index contributed by atoms with van der Waals surface area (Å²) < 4.78 is 26.8. The lowest BCUT2D eigenvalue weighted by atomic mass is 10.1. The number of amides is 1. The molecular formula is C23H25FN4O3. The van der Waals surface area contributed by atoms with Gasteiger partial charge in [0.25, 0.3) is 0 Å². The van der Waals surface area contributed by atoms with E-state index in [1.54, 1.807) is 36.1 Å². The van der Waals surface area contributed by atoms with E-state index in [2.05, 4.69) is 15.4 Å². The molecule has 0 aliphatic carbocycles. The van der Waals surface area contributed by atoms with E-state index in [4.69, 9.17) is 9.47 Å². The van der Waals surface area contributed by atoms with Gasteiger partial charge in [0, 0.05) is 18.7 Å². The second kappa shape index (κ2) is 8.85. The molecule has 1 N–H and O–H groups in total. The minimum atomic E-state index is -0.518. The van der Waals surface area contributed by atoms with Crippen LogP contribution in [0.1, 0.15) is 42.3 Å². The van der Waals surface area contributed by atoms with Crippen LogP contribution in [0, 0.1) is 19.8 Å². The first kappa shape index (κ1) is 21.0. The summed E-state index contributed by atoms with van der Waals surface area (Å²) in [5, 5.41) is 7.34. The van der Waals surface area contributed by atoms with Crippen molar-refractivity contribution in [3.63, 3.8) is 0 Å². The van der Waals surface area contributed by atoms with E-state index in [-0.39, 0.29) is 12.1 Å². The number of aryl methyl sites for hydroxylation is 2. The molecule has 1 aliphatic rings. The minimum Gasteiger partial charge on any atom is -0.481 e. The molecule has 162 valence electrons. The number of benzene rings is 1. The summed E-state index contributed by atoms with van der Waals surface area (Å²) in [6.45, 7) is 4.34. The SMILES string of the molecule is COc1cc(C)c(NC(=O)/C=C/c2ccc3c(F)nn(C4CCCCO4)c3c2)c(C)n1. The predicted octanol–water partition coefficient (Wildman–Crippen LogP) is 4.55. The molecule has 1 amide bonds. The molecule has 2 aromatic heterocycles. The number of anilines is 1. The molecule has 7 nitrogen and oxygen atoms in total. The van der Waals surface area contributed by atoms with Crippen molar-refractivity contribution >= 4 is 28.6 Å². The Morgan fingerprint density at radius 1 is 1.32 bits per heavy atom. The Morgan fingerprint density at radius 3 is 2.87 bits per heavy atom. The third kappa shape index (κ3) is 4.44. The average Bonchev–Trinajstić information content (AvgIpc) is 3.11. The van der Waals surface area contributed by atoms with Crippen LogP contribution in [0.25, 0.3) is 17.0 Å². The Balaban J connectivity index is 1.55. The van der Waals surface area contributed by atoms with Gasteiger partial charge < -0.3 is 14.8 Å². The molecule has 1 saturated heterocycles. The fourth-order valence-electron chi connectivity index (χ4n) is 3.78. The molecule has 1 aliphatic heterocycles. The van der Waals surface area contributed by atoms with E-state index in [0.717, 1.165) is 30.4 Å². The maximum atomic E-state index is 14.3. The van der Waals surface area contributed by atoms with Crippen LogP contribution in [0.2, 0.25) is 0 Å². The highest BCUT2D eigenvalue weighted by Gasteiger charge is 2.21. The normalized spacial score (nSPS) is 16.7. The maximum Gasteiger partial charge on any atom is 0.248 e. The highest BCUT2D eigenvalue weighted by atomic mass is 19.1. The summed E-state index contributed by atoms with van der Waals surface area (Å²) in [5.74, 6) is -0.299. The lowest BCUT2D eigenvalue weighted by molar-refractivity contribution is -0.111. The minimum absolute atomic E-state index is 0.267. The van der Waals surface area contributed by atoms with Crippen molar-refractivity contribution in [3.8, 4) is 5.88 Å².